The Labute approximate surface area is 131 Å². The fourth-order valence-electron chi connectivity index (χ4n) is 2.76. The maximum atomic E-state index is 13.5. The molecule has 1 N–H and O–H groups in total. The Morgan fingerprint density at radius 2 is 2.09 bits per heavy atom. The molecule has 4 nitrogen and oxygen atoms in total. The van der Waals surface area contributed by atoms with Crippen molar-refractivity contribution in [1.29, 1.82) is 0 Å². The minimum atomic E-state index is -0.816. The zero-order valence-electron chi connectivity index (χ0n) is 13.3. The number of alkyl halides is 1. The summed E-state index contributed by atoms with van der Waals surface area (Å²) in [6.45, 7) is 5.87. The standard InChI is InChI=1S/C17H24FN2O2/c1-14(2)10-20-9-8-17(12-18,13-20)19-16(21)22-11-15-6-4-3-5-7-15/h3-7H,8-13H2,1-2H3,(H,19,21). The molecule has 121 valence electrons. The molecule has 0 aromatic heterocycles. The van der Waals surface area contributed by atoms with E-state index < -0.39 is 18.3 Å². The largest absolute Gasteiger partial charge is 0.445 e. The highest BCUT2D eigenvalue weighted by Gasteiger charge is 2.40. The van der Waals surface area contributed by atoms with Crippen molar-refractivity contribution in [2.24, 2.45) is 0 Å². The minimum Gasteiger partial charge on any atom is -0.445 e. The smallest absolute Gasteiger partial charge is 0.408 e. The molecule has 0 aliphatic carbocycles. The lowest BCUT2D eigenvalue weighted by atomic mass is 10.0. The van der Waals surface area contributed by atoms with Crippen LogP contribution >= 0.6 is 0 Å². The number of rotatable bonds is 6. The van der Waals surface area contributed by atoms with E-state index in [4.69, 9.17) is 4.74 Å². The molecular weight excluding hydrogens is 283 g/mol. The molecule has 1 aromatic rings. The van der Waals surface area contributed by atoms with Gasteiger partial charge in [0.05, 0.1) is 5.54 Å². The Hall–Kier alpha value is -1.62. The van der Waals surface area contributed by atoms with Crippen molar-refractivity contribution < 1.29 is 13.9 Å². The number of alkyl carbamates (subject to hydrolysis) is 1. The van der Waals surface area contributed by atoms with Crippen LogP contribution in [-0.4, -0.2) is 42.8 Å². The fraction of sp³-hybridized carbons (Fsp3) is 0.529. The molecule has 2 rings (SSSR count). The summed E-state index contributed by atoms with van der Waals surface area (Å²) in [7, 11) is 0. The molecule has 1 amide bonds. The monoisotopic (exact) mass is 307 g/mol. The first-order valence-electron chi connectivity index (χ1n) is 7.59. The van der Waals surface area contributed by atoms with Gasteiger partial charge < -0.3 is 15.0 Å². The van der Waals surface area contributed by atoms with Gasteiger partial charge in [0, 0.05) is 19.6 Å². The van der Waals surface area contributed by atoms with E-state index >= 15 is 0 Å². The SMILES string of the molecule is C[C](C)CN1CCC(CF)(NC(=O)OCc2ccccc2)C1. The van der Waals surface area contributed by atoms with Gasteiger partial charge in [-0.3, -0.25) is 0 Å². The maximum Gasteiger partial charge on any atom is 0.408 e. The summed E-state index contributed by atoms with van der Waals surface area (Å²) >= 11 is 0. The van der Waals surface area contributed by atoms with Gasteiger partial charge in [-0.15, -0.1) is 0 Å². The van der Waals surface area contributed by atoms with Crippen LogP contribution in [-0.2, 0) is 11.3 Å². The highest BCUT2D eigenvalue weighted by atomic mass is 19.1. The zero-order valence-corrected chi connectivity index (χ0v) is 13.3. The number of carbonyl (C=O) groups excluding carboxylic acids is 1. The Morgan fingerprint density at radius 1 is 1.36 bits per heavy atom. The first-order chi connectivity index (χ1) is 10.5. The van der Waals surface area contributed by atoms with E-state index in [9.17, 15) is 9.18 Å². The van der Waals surface area contributed by atoms with Crippen LogP contribution in [0.5, 0.6) is 0 Å². The Morgan fingerprint density at radius 3 is 2.73 bits per heavy atom. The Kier molecular flexibility index (Phi) is 5.77. The number of likely N-dealkylation sites (tertiary alicyclic amines) is 1. The summed E-state index contributed by atoms with van der Waals surface area (Å²) in [5.74, 6) is 1.28. The van der Waals surface area contributed by atoms with Crippen LogP contribution in [0.1, 0.15) is 25.8 Å². The van der Waals surface area contributed by atoms with Crippen LogP contribution in [0.25, 0.3) is 0 Å². The number of nitrogens with one attached hydrogen (secondary N) is 1. The second-order valence-electron chi connectivity index (χ2n) is 6.27. The lowest BCUT2D eigenvalue weighted by Crippen LogP contribution is -2.52. The van der Waals surface area contributed by atoms with E-state index in [1.165, 1.54) is 5.92 Å². The molecule has 1 radical (unpaired) electrons. The second kappa shape index (κ2) is 7.58. The number of ether oxygens (including phenoxy) is 1. The number of carbonyl (C=O) groups is 1. The fourth-order valence-corrected chi connectivity index (χ4v) is 2.76. The first kappa shape index (κ1) is 16.7. The van der Waals surface area contributed by atoms with Gasteiger partial charge in [-0.05, 0) is 17.9 Å². The predicted octanol–water partition coefficient (Wildman–Crippen LogP) is 2.94. The summed E-state index contributed by atoms with van der Waals surface area (Å²) < 4.78 is 18.7. The molecule has 1 aliphatic rings. The third kappa shape index (κ3) is 4.70. The van der Waals surface area contributed by atoms with Crippen LogP contribution in [0.3, 0.4) is 0 Å². The predicted molar refractivity (Wildman–Crippen MR) is 84.1 cm³/mol. The van der Waals surface area contributed by atoms with Crippen molar-refractivity contribution >= 4 is 6.09 Å². The summed E-state index contributed by atoms with van der Waals surface area (Å²) in [6, 6.07) is 9.45. The maximum absolute atomic E-state index is 13.5. The topological polar surface area (TPSA) is 41.6 Å². The van der Waals surface area contributed by atoms with Gasteiger partial charge in [-0.2, -0.15) is 0 Å². The summed E-state index contributed by atoms with van der Waals surface area (Å²) in [6.07, 6.45) is 0.0533. The summed E-state index contributed by atoms with van der Waals surface area (Å²) in [4.78, 5) is 14.1. The number of halogens is 1. The zero-order chi connectivity index (χ0) is 16.0. The quantitative estimate of drug-likeness (QED) is 0.878. The van der Waals surface area contributed by atoms with Gasteiger partial charge in [-0.25, -0.2) is 9.18 Å². The molecule has 1 unspecified atom stereocenters. The van der Waals surface area contributed by atoms with Crippen LogP contribution in [0.4, 0.5) is 9.18 Å². The lowest BCUT2D eigenvalue weighted by Gasteiger charge is -2.27. The molecule has 1 atom stereocenters. The number of benzene rings is 1. The highest BCUT2D eigenvalue weighted by molar-refractivity contribution is 5.68. The Balaban J connectivity index is 1.83. The third-order valence-electron chi connectivity index (χ3n) is 3.81. The van der Waals surface area contributed by atoms with E-state index in [2.05, 4.69) is 24.1 Å². The molecule has 0 saturated carbocycles. The van der Waals surface area contributed by atoms with E-state index in [1.807, 2.05) is 30.3 Å². The van der Waals surface area contributed by atoms with Gasteiger partial charge in [0.25, 0.3) is 0 Å². The van der Waals surface area contributed by atoms with E-state index in [0.717, 1.165) is 18.7 Å². The number of hydrogen-bond donors (Lipinski definition) is 1. The van der Waals surface area contributed by atoms with Crippen molar-refractivity contribution in [1.82, 2.24) is 10.2 Å². The van der Waals surface area contributed by atoms with Crippen LogP contribution in [0.15, 0.2) is 30.3 Å². The minimum absolute atomic E-state index is 0.195. The molecule has 1 aromatic carbocycles. The van der Waals surface area contributed by atoms with Gasteiger partial charge in [-0.1, -0.05) is 44.2 Å². The molecule has 0 spiro atoms. The first-order valence-corrected chi connectivity index (χ1v) is 7.59. The van der Waals surface area contributed by atoms with Gasteiger partial charge in [0.15, 0.2) is 0 Å². The number of amides is 1. The Bertz CT molecular complexity index is 481. The van der Waals surface area contributed by atoms with Crippen molar-refractivity contribution in [3.63, 3.8) is 0 Å². The van der Waals surface area contributed by atoms with E-state index in [1.54, 1.807) is 0 Å². The molecule has 1 heterocycles. The molecule has 1 saturated heterocycles. The van der Waals surface area contributed by atoms with E-state index in [-0.39, 0.29) is 6.61 Å². The van der Waals surface area contributed by atoms with Crippen molar-refractivity contribution in [3.05, 3.63) is 41.8 Å². The molecule has 22 heavy (non-hydrogen) atoms. The van der Waals surface area contributed by atoms with Crippen molar-refractivity contribution in [2.75, 3.05) is 26.3 Å². The normalized spacial score (nSPS) is 22.0. The average molecular weight is 307 g/mol. The number of nitrogens with zero attached hydrogens (tertiary/aromatic N) is 1. The molecule has 0 bridgehead atoms. The number of hydrogen-bond acceptors (Lipinski definition) is 3. The summed E-state index contributed by atoms with van der Waals surface area (Å²) in [5.41, 5.74) is 0.0969. The molecule has 1 fully saturated rings. The van der Waals surface area contributed by atoms with Gasteiger partial charge in [0.2, 0.25) is 0 Å². The van der Waals surface area contributed by atoms with Gasteiger partial charge in [0.1, 0.15) is 13.3 Å². The third-order valence-corrected chi connectivity index (χ3v) is 3.81. The van der Waals surface area contributed by atoms with Crippen molar-refractivity contribution in [3.8, 4) is 0 Å². The molecule has 1 aliphatic heterocycles. The lowest BCUT2D eigenvalue weighted by molar-refractivity contribution is 0.120. The molecular formula is C17H24FN2O2. The van der Waals surface area contributed by atoms with Crippen LogP contribution in [0.2, 0.25) is 0 Å². The summed E-state index contributed by atoms with van der Waals surface area (Å²) in [5, 5.41) is 2.73. The molecule has 5 heteroatoms. The van der Waals surface area contributed by atoms with E-state index in [0.29, 0.717) is 13.0 Å². The van der Waals surface area contributed by atoms with Crippen molar-refractivity contribution in [2.45, 2.75) is 32.4 Å². The van der Waals surface area contributed by atoms with Crippen LogP contribution in [0, 0.1) is 5.92 Å². The second-order valence-corrected chi connectivity index (χ2v) is 6.27. The van der Waals surface area contributed by atoms with Crippen LogP contribution < -0.4 is 5.32 Å². The van der Waals surface area contributed by atoms with Gasteiger partial charge >= 0.3 is 6.09 Å². The highest BCUT2D eigenvalue weighted by Crippen LogP contribution is 2.23. The average Bonchev–Trinajstić information content (AvgIpc) is 2.89.